The van der Waals surface area contributed by atoms with Gasteiger partial charge in [-0.2, -0.15) is 0 Å². The summed E-state index contributed by atoms with van der Waals surface area (Å²) in [5.74, 6) is 0.424. The number of aromatic nitrogens is 1. The molecular formula is C19H22N2O4. The van der Waals surface area contributed by atoms with Crippen molar-refractivity contribution in [3.05, 3.63) is 53.9 Å². The van der Waals surface area contributed by atoms with Crippen molar-refractivity contribution in [1.29, 1.82) is 0 Å². The van der Waals surface area contributed by atoms with Crippen molar-refractivity contribution in [2.75, 3.05) is 13.7 Å². The molecule has 3 rings (SSSR count). The summed E-state index contributed by atoms with van der Waals surface area (Å²) in [6.45, 7) is 2.29. The molecule has 0 bridgehead atoms. The molecule has 1 aromatic carbocycles. The predicted octanol–water partition coefficient (Wildman–Crippen LogP) is 2.31. The van der Waals surface area contributed by atoms with Crippen molar-refractivity contribution in [1.82, 2.24) is 9.88 Å². The SMILES string of the molecule is COc1ccc([C@](C)(O)[C@H]2CCCN2C(=O)c2cncc(O)c2)cc1. The third-order valence-corrected chi connectivity index (χ3v) is 4.81. The molecule has 2 aromatic rings. The molecule has 1 aromatic heterocycles. The normalized spacial score (nSPS) is 19.5. The Balaban J connectivity index is 1.87. The largest absolute Gasteiger partial charge is 0.506 e. The highest BCUT2D eigenvalue weighted by molar-refractivity contribution is 5.94. The number of amides is 1. The van der Waals surface area contributed by atoms with Crippen LogP contribution in [-0.2, 0) is 5.60 Å². The maximum absolute atomic E-state index is 12.8. The third-order valence-electron chi connectivity index (χ3n) is 4.81. The van der Waals surface area contributed by atoms with E-state index in [0.717, 1.165) is 12.0 Å². The number of nitrogens with zero attached hydrogens (tertiary/aromatic N) is 2. The fourth-order valence-electron chi connectivity index (χ4n) is 3.43. The lowest BCUT2D eigenvalue weighted by Gasteiger charge is -2.37. The number of likely N-dealkylation sites (tertiary alicyclic amines) is 1. The summed E-state index contributed by atoms with van der Waals surface area (Å²) in [6.07, 6.45) is 4.23. The van der Waals surface area contributed by atoms with Gasteiger partial charge >= 0.3 is 0 Å². The fourth-order valence-corrected chi connectivity index (χ4v) is 3.43. The van der Waals surface area contributed by atoms with Crippen LogP contribution in [0, 0.1) is 0 Å². The molecule has 1 saturated heterocycles. The van der Waals surface area contributed by atoms with Crippen molar-refractivity contribution in [2.24, 2.45) is 0 Å². The molecule has 0 spiro atoms. The molecule has 0 radical (unpaired) electrons. The Kier molecular flexibility index (Phi) is 4.63. The zero-order valence-electron chi connectivity index (χ0n) is 14.3. The topological polar surface area (TPSA) is 82.9 Å². The van der Waals surface area contributed by atoms with E-state index in [1.54, 1.807) is 31.1 Å². The first kappa shape index (κ1) is 17.2. The first-order valence-electron chi connectivity index (χ1n) is 8.25. The van der Waals surface area contributed by atoms with Crippen LogP contribution in [0.1, 0.15) is 35.7 Å². The monoisotopic (exact) mass is 342 g/mol. The van der Waals surface area contributed by atoms with Gasteiger partial charge < -0.3 is 19.8 Å². The van der Waals surface area contributed by atoms with Crippen LogP contribution in [0.15, 0.2) is 42.7 Å². The number of pyridine rings is 1. The summed E-state index contributed by atoms with van der Waals surface area (Å²) in [6, 6.07) is 8.27. The van der Waals surface area contributed by atoms with Gasteiger partial charge in [0.1, 0.15) is 17.1 Å². The number of hydrogen-bond acceptors (Lipinski definition) is 5. The molecule has 1 fully saturated rings. The summed E-state index contributed by atoms with van der Waals surface area (Å²) in [5.41, 5.74) is -0.146. The highest BCUT2D eigenvalue weighted by Crippen LogP contribution is 2.36. The zero-order chi connectivity index (χ0) is 18.0. The Labute approximate surface area is 146 Å². The van der Waals surface area contributed by atoms with E-state index in [2.05, 4.69) is 4.98 Å². The molecule has 2 N–H and O–H groups in total. The van der Waals surface area contributed by atoms with Crippen LogP contribution in [0.5, 0.6) is 11.5 Å². The van der Waals surface area contributed by atoms with Gasteiger partial charge in [-0.15, -0.1) is 0 Å². The summed E-state index contributed by atoms with van der Waals surface area (Å²) in [7, 11) is 1.59. The lowest BCUT2D eigenvalue weighted by Crippen LogP contribution is -2.48. The van der Waals surface area contributed by atoms with E-state index in [9.17, 15) is 15.0 Å². The molecule has 1 aliphatic rings. The first-order chi connectivity index (χ1) is 11.9. The standard InChI is InChI=1S/C19H22N2O4/c1-19(24,14-5-7-16(25-2)8-6-14)17-4-3-9-21(17)18(23)13-10-15(22)12-20-11-13/h5-8,10-12,17,22,24H,3-4,9H2,1-2H3/t17-,19+/m1/s1. The molecule has 2 atom stereocenters. The fraction of sp³-hybridized carbons (Fsp3) is 0.368. The highest BCUT2D eigenvalue weighted by atomic mass is 16.5. The third kappa shape index (κ3) is 3.30. The van der Waals surface area contributed by atoms with Crippen LogP contribution in [0.2, 0.25) is 0 Å². The Hall–Kier alpha value is -2.60. The van der Waals surface area contributed by atoms with Crippen LogP contribution in [0.25, 0.3) is 0 Å². The first-order valence-corrected chi connectivity index (χ1v) is 8.25. The number of rotatable bonds is 4. The number of hydrogen-bond donors (Lipinski definition) is 2. The van der Waals surface area contributed by atoms with Gasteiger partial charge in [0, 0.05) is 12.7 Å². The van der Waals surface area contributed by atoms with E-state index < -0.39 is 5.60 Å². The average Bonchev–Trinajstić information content (AvgIpc) is 3.11. The average molecular weight is 342 g/mol. The molecule has 132 valence electrons. The van der Waals surface area contributed by atoms with Crippen molar-refractivity contribution in [3.8, 4) is 11.5 Å². The predicted molar refractivity (Wildman–Crippen MR) is 92.5 cm³/mol. The molecule has 6 nitrogen and oxygen atoms in total. The van der Waals surface area contributed by atoms with Crippen molar-refractivity contribution < 1.29 is 19.7 Å². The molecule has 1 aliphatic heterocycles. The van der Waals surface area contributed by atoms with Gasteiger partial charge in [0.05, 0.1) is 24.9 Å². The van der Waals surface area contributed by atoms with E-state index in [-0.39, 0.29) is 17.7 Å². The van der Waals surface area contributed by atoms with Crippen LogP contribution < -0.4 is 4.74 Å². The zero-order valence-corrected chi connectivity index (χ0v) is 14.3. The second kappa shape index (κ2) is 6.72. The summed E-state index contributed by atoms with van der Waals surface area (Å²) < 4.78 is 5.16. The van der Waals surface area contributed by atoms with Crippen molar-refractivity contribution in [2.45, 2.75) is 31.4 Å². The highest BCUT2D eigenvalue weighted by Gasteiger charge is 2.42. The van der Waals surface area contributed by atoms with E-state index in [1.807, 2.05) is 12.1 Å². The van der Waals surface area contributed by atoms with Gasteiger partial charge in [-0.25, -0.2) is 0 Å². The minimum absolute atomic E-state index is 0.0523. The molecule has 0 unspecified atom stereocenters. The second-order valence-corrected chi connectivity index (χ2v) is 6.46. The van der Waals surface area contributed by atoms with E-state index in [0.29, 0.717) is 24.3 Å². The number of carbonyl (C=O) groups is 1. The second-order valence-electron chi connectivity index (χ2n) is 6.46. The molecule has 2 heterocycles. The summed E-state index contributed by atoms with van der Waals surface area (Å²) in [5, 5.41) is 20.7. The minimum Gasteiger partial charge on any atom is -0.506 e. The molecular weight excluding hydrogens is 320 g/mol. The summed E-state index contributed by atoms with van der Waals surface area (Å²) >= 11 is 0. The Bertz CT molecular complexity index is 758. The van der Waals surface area contributed by atoms with Crippen molar-refractivity contribution in [3.63, 3.8) is 0 Å². The van der Waals surface area contributed by atoms with Crippen molar-refractivity contribution >= 4 is 5.91 Å². The van der Waals surface area contributed by atoms with Crippen LogP contribution in [0.3, 0.4) is 0 Å². The molecule has 0 aliphatic carbocycles. The van der Waals surface area contributed by atoms with Gasteiger partial charge in [-0.1, -0.05) is 12.1 Å². The van der Waals surface area contributed by atoms with Gasteiger partial charge in [0.2, 0.25) is 0 Å². The number of benzene rings is 1. The smallest absolute Gasteiger partial charge is 0.255 e. The lowest BCUT2D eigenvalue weighted by atomic mass is 9.86. The van der Waals surface area contributed by atoms with E-state index >= 15 is 0 Å². The van der Waals surface area contributed by atoms with E-state index in [1.165, 1.54) is 18.5 Å². The number of aromatic hydroxyl groups is 1. The molecule has 6 heteroatoms. The molecule has 0 saturated carbocycles. The Morgan fingerprint density at radius 3 is 2.68 bits per heavy atom. The van der Waals surface area contributed by atoms with Crippen LogP contribution >= 0.6 is 0 Å². The maximum atomic E-state index is 12.8. The van der Waals surface area contributed by atoms with Gasteiger partial charge in [-0.3, -0.25) is 9.78 Å². The van der Waals surface area contributed by atoms with Gasteiger partial charge in [0.25, 0.3) is 5.91 Å². The van der Waals surface area contributed by atoms with E-state index in [4.69, 9.17) is 4.74 Å². The minimum atomic E-state index is -1.19. The number of carbonyl (C=O) groups excluding carboxylic acids is 1. The quantitative estimate of drug-likeness (QED) is 0.891. The van der Waals surface area contributed by atoms with Gasteiger partial charge in [-0.05, 0) is 43.5 Å². The number of ether oxygens (including phenoxy) is 1. The van der Waals surface area contributed by atoms with Crippen LogP contribution in [0.4, 0.5) is 0 Å². The number of methoxy groups -OCH3 is 1. The van der Waals surface area contributed by atoms with Crippen LogP contribution in [-0.4, -0.2) is 45.7 Å². The molecule has 1 amide bonds. The van der Waals surface area contributed by atoms with Gasteiger partial charge in [0.15, 0.2) is 0 Å². The Morgan fingerprint density at radius 1 is 1.32 bits per heavy atom. The Morgan fingerprint density at radius 2 is 2.04 bits per heavy atom. The maximum Gasteiger partial charge on any atom is 0.255 e. The molecule has 25 heavy (non-hydrogen) atoms. The number of aliphatic hydroxyl groups is 1. The lowest BCUT2D eigenvalue weighted by molar-refractivity contribution is -0.0177. The summed E-state index contributed by atoms with van der Waals surface area (Å²) in [4.78, 5) is 18.4.